The average Bonchev–Trinajstić information content (AvgIpc) is 2.78. The van der Waals surface area contributed by atoms with Crippen molar-refractivity contribution in [2.45, 2.75) is 33.7 Å². The summed E-state index contributed by atoms with van der Waals surface area (Å²) in [5.74, 6) is 1.12. The summed E-state index contributed by atoms with van der Waals surface area (Å²) in [5, 5.41) is 14.9. The third-order valence-electron chi connectivity index (χ3n) is 5.50. The Bertz CT molecular complexity index is 1080. The lowest BCUT2D eigenvalue weighted by Crippen LogP contribution is -2.38. The number of aromatic nitrogens is 2. The van der Waals surface area contributed by atoms with Gasteiger partial charge in [0.25, 0.3) is 0 Å². The average molecular weight is 430 g/mol. The van der Waals surface area contributed by atoms with Gasteiger partial charge >= 0.3 is 0 Å². The van der Waals surface area contributed by atoms with Crippen LogP contribution in [0.25, 0.3) is 11.0 Å². The van der Waals surface area contributed by atoms with E-state index in [0.29, 0.717) is 12.5 Å². The van der Waals surface area contributed by atoms with Gasteiger partial charge < -0.3 is 10.2 Å². The van der Waals surface area contributed by atoms with Crippen molar-refractivity contribution in [2.24, 2.45) is 10.9 Å². The molecule has 0 radical (unpaired) electrons. The molecule has 3 rings (SSSR count). The minimum Gasteiger partial charge on any atom is -0.383 e. The maximum absolute atomic E-state index is 8.76. The number of nitriles is 1. The highest BCUT2D eigenvalue weighted by Gasteiger charge is 2.19. The van der Waals surface area contributed by atoms with Gasteiger partial charge in [0.05, 0.1) is 29.6 Å². The van der Waals surface area contributed by atoms with Crippen molar-refractivity contribution < 1.29 is 0 Å². The zero-order chi connectivity index (χ0) is 22.9. The topological polar surface area (TPSA) is 89.2 Å². The van der Waals surface area contributed by atoms with Crippen LogP contribution in [-0.4, -0.2) is 42.0 Å². The summed E-state index contributed by atoms with van der Waals surface area (Å²) in [6, 6.07) is 14.2. The molecule has 2 aromatic carbocycles. The van der Waals surface area contributed by atoms with E-state index < -0.39 is 0 Å². The highest BCUT2D eigenvalue weighted by Crippen LogP contribution is 2.21. The summed E-state index contributed by atoms with van der Waals surface area (Å²) < 4.78 is 0. The highest BCUT2D eigenvalue weighted by atomic mass is 15.2. The predicted molar refractivity (Wildman–Crippen MR) is 132 cm³/mol. The van der Waals surface area contributed by atoms with Crippen LogP contribution >= 0.6 is 0 Å². The van der Waals surface area contributed by atoms with E-state index in [1.165, 1.54) is 23.2 Å². The lowest BCUT2D eigenvalue weighted by molar-refractivity contribution is 0.488. The Morgan fingerprint density at radius 1 is 1.09 bits per heavy atom. The summed E-state index contributed by atoms with van der Waals surface area (Å²) >= 11 is 0. The molecule has 0 aliphatic heterocycles. The zero-order valence-electron chi connectivity index (χ0n) is 19.2. The van der Waals surface area contributed by atoms with E-state index in [0.717, 1.165) is 29.9 Å². The first-order valence-corrected chi connectivity index (χ1v) is 10.9. The van der Waals surface area contributed by atoms with Crippen LogP contribution < -0.4 is 15.5 Å². The molecule has 166 valence electrons. The zero-order valence-corrected chi connectivity index (χ0v) is 19.2. The van der Waals surface area contributed by atoms with Crippen molar-refractivity contribution >= 4 is 28.9 Å². The Balaban J connectivity index is 1.83. The second-order valence-corrected chi connectivity index (χ2v) is 8.20. The molecule has 2 N–H and O–H groups in total. The van der Waals surface area contributed by atoms with Gasteiger partial charge in [-0.25, -0.2) is 4.98 Å². The maximum Gasteiger partial charge on any atom is 0.182 e. The number of aryl methyl sites for hydroxylation is 2. The molecule has 32 heavy (non-hydrogen) atoms. The Hall–Kier alpha value is -3.66. The molecular formula is C25H31N7. The van der Waals surface area contributed by atoms with Crippen LogP contribution in [-0.2, 0) is 0 Å². The molecule has 1 heterocycles. The fourth-order valence-corrected chi connectivity index (χ4v) is 3.63. The Morgan fingerprint density at radius 3 is 2.50 bits per heavy atom. The Morgan fingerprint density at radius 2 is 1.81 bits per heavy atom. The van der Waals surface area contributed by atoms with E-state index in [2.05, 4.69) is 71.4 Å². The van der Waals surface area contributed by atoms with Gasteiger partial charge in [-0.2, -0.15) is 5.26 Å². The van der Waals surface area contributed by atoms with Gasteiger partial charge in [-0.15, -0.1) is 0 Å². The van der Waals surface area contributed by atoms with Crippen LogP contribution in [0.1, 0.15) is 25.0 Å². The van der Waals surface area contributed by atoms with E-state index in [4.69, 9.17) is 10.2 Å². The molecule has 0 fully saturated rings. The van der Waals surface area contributed by atoms with Gasteiger partial charge in [0.15, 0.2) is 6.19 Å². The van der Waals surface area contributed by atoms with Crippen molar-refractivity contribution in [3.05, 3.63) is 59.8 Å². The minimum absolute atomic E-state index is 0.00400. The molecule has 0 saturated heterocycles. The summed E-state index contributed by atoms with van der Waals surface area (Å²) in [4.78, 5) is 16.2. The fourth-order valence-electron chi connectivity index (χ4n) is 3.63. The summed E-state index contributed by atoms with van der Waals surface area (Å²) in [6.45, 7) is 10.7. The molecule has 7 nitrogen and oxygen atoms in total. The normalized spacial score (nSPS) is 12.1. The van der Waals surface area contributed by atoms with Crippen molar-refractivity contribution in [2.75, 3.05) is 29.9 Å². The molecule has 0 amide bonds. The van der Waals surface area contributed by atoms with Crippen LogP contribution in [0.15, 0.2) is 53.7 Å². The molecule has 0 aliphatic rings. The van der Waals surface area contributed by atoms with Gasteiger partial charge in [0, 0.05) is 25.3 Å². The van der Waals surface area contributed by atoms with Gasteiger partial charge in [0.1, 0.15) is 5.82 Å². The number of hydrogen-bond donors (Lipinski definition) is 2. The third-order valence-corrected chi connectivity index (χ3v) is 5.50. The number of rotatable bonds is 10. The van der Waals surface area contributed by atoms with Crippen LogP contribution in [0, 0.1) is 31.2 Å². The third kappa shape index (κ3) is 5.94. The fraction of sp³-hybridized carbons (Fsp3) is 0.360. The molecule has 1 unspecified atom stereocenters. The molecule has 7 heteroatoms. The first-order chi connectivity index (χ1) is 15.5. The summed E-state index contributed by atoms with van der Waals surface area (Å²) in [7, 11) is 0. The Kier molecular flexibility index (Phi) is 7.98. The van der Waals surface area contributed by atoms with Crippen molar-refractivity contribution in [3.8, 4) is 6.19 Å². The SMILES string of the molecule is Cc1cccc(C)c1NCCN(CC(N=CNC#N)C(C)C)c1cnc2ccccc2n1. The standard InChI is InChI=1S/C25H31N7/c1-18(2)23(30-17-27-16-26)15-32(13-12-28-25-19(3)8-7-9-20(25)4)24-14-29-21-10-5-6-11-22(21)31-24/h5-11,14,17-18,23,28H,12-13,15H2,1-4H3,(H,27,30). The lowest BCUT2D eigenvalue weighted by atomic mass is 10.0. The van der Waals surface area contributed by atoms with Crippen molar-refractivity contribution in [1.82, 2.24) is 15.3 Å². The molecule has 1 atom stereocenters. The smallest absolute Gasteiger partial charge is 0.182 e. The van der Waals surface area contributed by atoms with Crippen LogP contribution in [0.4, 0.5) is 11.5 Å². The number of nitrogens with one attached hydrogen (secondary N) is 2. The van der Waals surface area contributed by atoms with Crippen LogP contribution in [0.3, 0.4) is 0 Å². The van der Waals surface area contributed by atoms with Crippen LogP contribution in [0.5, 0.6) is 0 Å². The van der Waals surface area contributed by atoms with E-state index in [9.17, 15) is 0 Å². The maximum atomic E-state index is 8.76. The van der Waals surface area contributed by atoms with Crippen LogP contribution in [0.2, 0.25) is 0 Å². The summed E-state index contributed by atoms with van der Waals surface area (Å²) in [6.07, 6.45) is 5.19. The van der Waals surface area contributed by atoms with Gasteiger partial charge in [-0.3, -0.25) is 15.3 Å². The molecule has 0 spiro atoms. The largest absolute Gasteiger partial charge is 0.383 e. The number of para-hydroxylation sites is 3. The summed E-state index contributed by atoms with van der Waals surface area (Å²) in [5.41, 5.74) is 5.38. The number of aliphatic imine (C=N–C) groups is 1. The second kappa shape index (κ2) is 11.1. The number of benzene rings is 2. The molecule has 1 aromatic heterocycles. The van der Waals surface area contributed by atoms with E-state index in [1.54, 1.807) is 0 Å². The van der Waals surface area contributed by atoms with Gasteiger partial charge in [0.2, 0.25) is 0 Å². The quantitative estimate of drug-likeness (QED) is 0.216. The highest BCUT2D eigenvalue weighted by molar-refractivity contribution is 5.75. The van der Waals surface area contributed by atoms with Gasteiger partial charge in [-0.05, 0) is 43.0 Å². The molecule has 3 aromatic rings. The molecule has 0 bridgehead atoms. The van der Waals surface area contributed by atoms with E-state index >= 15 is 0 Å². The molecule has 0 saturated carbocycles. The monoisotopic (exact) mass is 429 g/mol. The first kappa shape index (κ1) is 23.0. The van der Waals surface area contributed by atoms with E-state index in [-0.39, 0.29) is 6.04 Å². The second-order valence-electron chi connectivity index (χ2n) is 8.20. The number of hydrogen-bond acceptors (Lipinski definition) is 6. The van der Waals surface area contributed by atoms with E-state index in [1.807, 2.05) is 36.7 Å². The minimum atomic E-state index is 0.00400. The van der Waals surface area contributed by atoms with Crippen molar-refractivity contribution in [3.63, 3.8) is 0 Å². The first-order valence-electron chi connectivity index (χ1n) is 10.9. The molecular weight excluding hydrogens is 398 g/mol. The van der Waals surface area contributed by atoms with Crippen molar-refractivity contribution in [1.29, 1.82) is 5.26 Å². The number of anilines is 2. The number of fused-ring (bicyclic) bond motifs is 1. The lowest BCUT2D eigenvalue weighted by Gasteiger charge is -2.29. The predicted octanol–water partition coefficient (Wildman–Crippen LogP) is 4.29. The van der Waals surface area contributed by atoms with Gasteiger partial charge in [-0.1, -0.05) is 44.2 Å². The Labute approximate surface area is 190 Å². The molecule has 0 aliphatic carbocycles. The number of nitrogens with zero attached hydrogens (tertiary/aromatic N) is 5.